The van der Waals surface area contributed by atoms with Gasteiger partial charge in [0.25, 0.3) is 0 Å². The number of nitrogens with one attached hydrogen (secondary N) is 1. The maximum absolute atomic E-state index is 12.2. The number of ketones is 1. The average Bonchev–Trinajstić information content (AvgIpc) is 2.37. The lowest BCUT2D eigenvalue weighted by Gasteiger charge is -2.13. The molecule has 3 heteroatoms. The number of likely N-dealkylation sites (N-methyl/N-ethyl adjacent to an activating group) is 1. The van der Waals surface area contributed by atoms with Crippen LogP contribution in [0.1, 0.15) is 24.2 Å². The topological polar surface area (TPSA) is 32.3 Å². The lowest BCUT2D eigenvalue weighted by atomic mass is 10.0. The molecule has 0 unspecified atom stereocenters. The Morgan fingerprint density at radius 3 is 2.33 bits per heavy atom. The monoisotopic (exact) mass is 246 g/mol. The molecule has 0 spiro atoms. The number of carbonyl (C=O) groups is 1. The number of Topliss-reactive ketones (excluding diaryl/α,β-unsaturated/α-hetero) is 1. The molecule has 0 aliphatic carbocycles. The fraction of sp³-hybridized carbons (Fsp3) is 0.400. The van der Waals surface area contributed by atoms with E-state index in [1.807, 2.05) is 58.3 Å². The minimum Gasteiger partial charge on any atom is -0.387 e. The molecule has 0 amide bonds. The van der Waals surface area contributed by atoms with Crippen LogP contribution in [-0.4, -0.2) is 37.9 Å². The quantitative estimate of drug-likeness (QED) is 0.617. The van der Waals surface area contributed by atoms with Gasteiger partial charge in [-0.2, -0.15) is 0 Å². The molecule has 0 aromatic heterocycles. The Bertz CT molecular complexity index is 421. The van der Waals surface area contributed by atoms with Crippen LogP contribution < -0.4 is 5.32 Å². The lowest BCUT2D eigenvalue weighted by molar-refractivity contribution is 0.103. The molecule has 3 nitrogen and oxygen atoms in total. The SMILES string of the molecule is C/C(NCCN(C)C)=C(\C)C(=O)c1ccccc1. The molecule has 0 radical (unpaired) electrons. The Balaban J connectivity index is 2.67. The van der Waals surface area contributed by atoms with Crippen molar-refractivity contribution in [3.05, 3.63) is 47.2 Å². The number of rotatable bonds is 6. The van der Waals surface area contributed by atoms with Crippen molar-refractivity contribution in [2.45, 2.75) is 13.8 Å². The van der Waals surface area contributed by atoms with Gasteiger partial charge in [-0.05, 0) is 27.9 Å². The molecular formula is C15H22N2O. The first-order valence-corrected chi connectivity index (χ1v) is 6.18. The highest BCUT2D eigenvalue weighted by Crippen LogP contribution is 2.10. The molecule has 0 saturated heterocycles. The minimum absolute atomic E-state index is 0.0884. The van der Waals surface area contributed by atoms with Gasteiger partial charge in [-0.15, -0.1) is 0 Å². The predicted octanol–water partition coefficient (Wildman–Crippen LogP) is 2.31. The highest BCUT2D eigenvalue weighted by molar-refractivity contribution is 6.08. The van der Waals surface area contributed by atoms with Gasteiger partial charge in [0.1, 0.15) is 0 Å². The van der Waals surface area contributed by atoms with E-state index in [-0.39, 0.29) is 5.78 Å². The summed E-state index contributed by atoms with van der Waals surface area (Å²) < 4.78 is 0. The summed E-state index contributed by atoms with van der Waals surface area (Å²) in [6, 6.07) is 9.38. The molecule has 0 aliphatic rings. The van der Waals surface area contributed by atoms with Crippen LogP contribution in [0.15, 0.2) is 41.6 Å². The minimum atomic E-state index is 0.0884. The number of carbonyl (C=O) groups excluding carboxylic acids is 1. The molecule has 0 aliphatic heterocycles. The summed E-state index contributed by atoms with van der Waals surface area (Å²) in [7, 11) is 4.06. The van der Waals surface area contributed by atoms with Crippen LogP contribution in [0.25, 0.3) is 0 Å². The number of nitrogens with zero attached hydrogens (tertiary/aromatic N) is 1. The van der Waals surface area contributed by atoms with Gasteiger partial charge in [0.05, 0.1) is 0 Å². The van der Waals surface area contributed by atoms with Crippen molar-refractivity contribution in [2.24, 2.45) is 0 Å². The summed E-state index contributed by atoms with van der Waals surface area (Å²) in [5, 5.41) is 3.28. The predicted molar refractivity (Wildman–Crippen MR) is 75.7 cm³/mol. The maximum Gasteiger partial charge on any atom is 0.190 e. The first kappa shape index (κ1) is 14.5. The first-order chi connectivity index (χ1) is 8.52. The first-order valence-electron chi connectivity index (χ1n) is 6.18. The van der Waals surface area contributed by atoms with Crippen LogP contribution in [0.3, 0.4) is 0 Å². The van der Waals surface area contributed by atoms with E-state index in [1.165, 1.54) is 0 Å². The second-order valence-electron chi connectivity index (χ2n) is 4.68. The highest BCUT2D eigenvalue weighted by atomic mass is 16.1. The molecule has 1 N–H and O–H groups in total. The zero-order chi connectivity index (χ0) is 13.5. The Hall–Kier alpha value is -1.61. The zero-order valence-corrected chi connectivity index (χ0v) is 11.7. The molecule has 0 atom stereocenters. The molecule has 1 aromatic rings. The maximum atomic E-state index is 12.2. The van der Waals surface area contributed by atoms with E-state index < -0.39 is 0 Å². The van der Waals surface area contributed by atoms with Crippen molar-refractivity contribution in [1.82, 2.24) is 10.2 Å². The third-order valence-electron chi connectivity index (χ3n) is 2.89. The Morgan fingerprint density at radius 1 is 1.17 bits per heavy atom. The fourth-order valence-electron chi connectivity index (χ4n) is 1.58. The summed E-state index contributed by atoms with van der Waals surface area (Å²) in [4.78, 5) is 14.3. The van der Waals surface area contributed by atoms with Gasteiger partial charge in [0.2, 0.25) is 0 Å². The van der Waals surface area contributed by atoms with Gasteiger partial charge >= 0.3 is 0 Å². The lowest BCUT2D eigenvalue weighted by Crippen LogP contribution is -2.26. The van der Waals surface area contributed by atoms with E-state index in [0.717, 1.165) is 29.9 Å². The van der Waals surface area contributed by atoms with Crippen LogP contribution in [0, 0.1) is 0 Å². The summed E-state index contributed by atoms with van der Waals surface area (Å²) in [6.07, 6.45) is 0. The average molecular weight is 246 g/mol. The Kier molecular flexibility index (Phi) is 5.59. The number of hydrogen-bond acceptors (Lipinski definition) is 3. The van der Waals surface area contributed by atoms with Crippen LogP contribution in [0.2, 0.25) is 0 Å². The van der Waals surface area contributed by atoms with Gasteiger partial charge < -0.3 is 10.2 Å². The van der Waals surface area contributed by atoms with E-state index in [0.29, 0.717) is 0 Å². The molecule has 98 valence electrons. The van der Waals surface area contributed by atoms with E-state index in [2.05, 4.69) is 10.2 Å². The normalized spacial score (nSPS) is 12.3. The van der Waals surface area contributed by atoms with E-state index >= 15 is 0 Å². The van der Waals surface area contributed by atoms with Crippen molar-refractivity contribution in [3.63, 3.8) is 0 Å². The van der Waals surface area contributed by atoms with E-state index in [1.54, 1.807) is 0 Å². The van der Waals surface area contributed by atoms with Gasteiger partial charge in [0, 0.05) is 29.9 Å². The van der Waals surface area contributed by atoms with Crippen molar-refractivity contribution in [1.29, 1.82) is 0 Å². The van der Waals surface area contributed by atoms with Gasteiger partial charge in [-0.25, -0.2) is 0 Å². The summed E-state index contributed by atoms with van der Waals surface area (Å²) in [5.41, 5.74) is 2.47. The van der Waals surface area contributed by atoms with Crippen LogP contribution in [0.4, 0.5) is 0 Å². The fourth-order valence-corrected chi connectivity index (χ4v) is 1.58. The number of benzene rings is 1. The molecule has 0 bridgehead atoms. The molecule has 0 heterocycles. The van der Waals surface area contributed by atoms with Crippen molar-refractivity contribution in [2.75, 3.05) is 27.2 Å². The van der Waals surface area contributed by atoms with Crippen molar-refractivity contribution >= 4 is 5.78 Å². The largest absolute Gasteiger partial charge is 0.387 e. The Morgan fingerprint density at radius 2 is 1.78 bits per heavy atom. The van der Waals surface area contributed by atoms with Crippen LogP contribution in [-0.2, 0) is 0 Å². The van der Waals surface area contributed by atoms with Gasteiger partial charge in [0.15, 0.2) is 5.78 Å². The van der Waals surface area contributed by atoms with Crippen LogP contribution >= 0.6 is 0 Å². The molecule has 1 rings (SSSR count). The van der Waals surface area contributed by atoms with E-state index in [9.17, 15) is 4.79 Å². The molecule has 0 saturated carbocycles. The Labute approximate surface area is 109 Å². The second kappa shape index (κ2) is 6.97. The highest BCUT2D eigenvalue weighted by Gasteiger charge is 2.09. The standard InChI is InChI=1S/C15H22N2O/c1-12(13(2)16-10-11-17(3)4)15(18)14-8-6-5-7-9-14/h5-9,16H,10-11H2,1-4H3/b13-12-. The van der Waals surface area contributed by atoms with Crippen molar-refractivity contribution < 1.29 is 4.79 Å². The van der Waals surface area contributed by atoms with E-state index in [4.69, 9.17) is 0 Å². The summed E-state index contributed by atoms with van der Waals surface area (Å²) in [5.74, 6) is 0.0884. The van der Waals surface area contributed by atoms with Gasteiger partial charge in [-0.3, -0.25) is 4.79 Å². The van der Waals surface area contributed by atoms with Crippen LogP contribution in [0.5, 0.6) is 0 Å². The third-order valence-corrected chi connectivity index (χ3v) is 2.89. The molecule has 0 fully saturated rings. The number of hydrogen-bond donors (Lipinski definition) is 1. The van der Waals surface area contributed by atoms with Gasteiger partial charge in [-0.1, -0.05) is 30.3 Å². The zero-order valence-electron chi connectivity index (χ0n) is 11.7. The summed E-state index contributed by atoms with van der Waals surface area (Å²) in [6.45, 7) is 5.61. The second-order valence-corrected chi connectivity index (χ2v) is 4.68. The molecular weight excluding hydrogens is 224 g/mol. The smallest absolute Gasteiger partial charge is 0.190 e. The molecule has 18 heavy (non-hydrogen) atoms. The van der Waals surface area contributed by atoms with Crippen molar-refractivity contribution in [3.8, 4) is 0 Å². The third kappa shape index (κ3) is 4.34. The number of allylic oxidation sites excluding steroid dienone is 2. The molecule has 1 aromatic carbocycles. The summed E-state index contributed by atoms with van der Waals surface area (Å²) >= 11 is 0.